The third-order valence-corrected chi connectivity index (χ3v) is 5.47. The van der Waals surface area contributed by atoms with Gasteiger partial charge in [0.15, 0.2) is 0 Å². The smallest absolute Gasteiger partial charge is 0.269 e. The summed E-state index contributed by atoms with van der Waals surface area (Å²) in [7, 11) is 0. The monoisotopic (exact) mass is 394 g/mol. The lowest BCUT2D eigenvalue weighted by molar-refractivity contribution is -0.0264. The summed E-state index contributed by atoms with van der Waals surface area (Å²) in [5.74, 6) is 0.843. The number of para-hydroxylation sites is 1. The molecule has 0 spiro atoms. The van der Waals surface area contributed by atoms with Gasteiger partial charge in [-0.1, -0.05) is 42.5 Å². The Morgan fingerprint density at radius 3 is 2.28 bits per heavy atom. The second-order valence-electron chi connectivity index (χ2n) is 7.57. The molecule has 5 nitrogen and oxygen atoms in total. The normalized spacial score (nSPS) is 17.8. The van der Waals surface area contributed by atoms with E-state index in [1.54, 1.807) is 12.5 Å². The van der Waals surface area contributed by atoms with Crippen molar-refractivity contribution in [1.29, 1.82) is 0 Å². The number of rotatable bonds is 9. The fraction of sp³-hybridized carbons (Fsp3) is 0.417. The Bertz CT molecular complexity index is 765. The Hall–Kier alpha value is -2.50. The first-order valence-electron chi connectivity index (χ1n) is 10.5. The summed E-state index contributed by atoms with van der Waals surface area (Å²) in [5, 5.41) is 0. The quantitative estimate of drug-likeness (QED) is 0.596. The van der Waals surface area contributed by atoms with Gasteiger partial charge in [0.25, 0.3) is 6.29 Å². The number of piperazine rings is 1. The van der Waals surface area contributed by atoms with Gasteiger partial charge in [-0.2, -0.15) is 0 Å². The first-order valence-corrected chi connectivity index (χ1v) is 10.5. The van der Waals surface area contributed by atoms with Crippen LogP contribution in [-0.4, -0.2) is 49.1 Å². The van der Waals surface area contributed by atoms with Crippen LogP contribution in [0.4, 0.5) is 0 Å². The Balaban J connectivity index is 1.12. The Kier molecular flexibility index (Phi) is 7.05. The first kappa shape index (κ1) is 19.8. The minimum atomic E-state index is -0.390. The molecule has 2 aromatic carbocycles. The van der Waals surface area contributed by atoms with Crippen molar-refractivity contribution in [2.24, 2.45) is 0 Å². The SMILES string of the molecule is C1=COC(c2ccccc2OCCCCN2CCN(Cc3ccccc3)CC2)O1. The van der Waals surface area contributed by atoms with Gasteiger partial charge in [-0.15, -0.1) is 0 Å². The Labute approximate surface area is 173 Å². The Morgan fingerprint density at radius 2 is 1.48 bits per heavy atom. The van der Waals surface area contributed by atoms with Crippen molar-refractivity contribution in [2.75, 3.05) is 39.3 Å². The van der Waals surface area contributed by atoms with E-state index in [4.69, 9.17) is 14.2 Å². The molecule has 0 N–H and O–H groups in total. The van der Waals surface area contributed by atoms with Gasteiger partial charge >= 0.3 is 0 Å². The van der Waals surface area contributed by atoms with Crippen molar-refractivity contribution in [3.8, 4) is 5.75 Å². The zero-order chi connectivity index (χ0) is 19.7. The standard InChI is InChI=1S/C24H30N2O3/c1-2-8-21(9-3-1)20-26-15-13-25(14-16-26)12-6-7-17-27-23-11-5-4-10-22(23)24-28-18-19-29-24/h1-5,8-11,18-19,24H,6-7,12-17,20H2. The van der Waals surface area contributed by atoms with Gasteiger partial charge in [0, 0.05) is 32.7 Å². The van der Waals surface area contributed by atoms with Crippen LogP contribution in [0.1, 0.15) is 30.3 Å². The van der Waals surface area contributed by atoms with E-state index in [0.717, 1.165) is 63.4 Å². The van der Waals surface area contributed by atoms with Crippen molar-refractivity contribution in [2.45, 2.75) is 25.7 Å². The molecule has 5 heteroatoms. The molecule has 0 aromatic heterocycles. The summed E-state index contributed by atoms with van der Waals surface area (Å²) in [5.41, 5.74) is 2.34. The summed E-state index contributed by atoms with van der Waals surface area (Å²) in [6, 6.07) is 18.7. The molecule has 2 aliphatic rings. The molecule has 0 aliphatic carbocycles. The van der Waals surface area contributed by atoms with Crippen LogP contribution in [0.2, 0.25) is 0 Å². The highest BCUT2D eigenvalue weighted by molar-refractivity contribution is 5.34. The van der Waals surface area contributed by atoms with Crippen LogP contribution in [0, 0.1) is 0 Å². The Morgan fingerprint density at radius 1 is 0.793 bits per heavy atom. The minimum Gasteiger partial charge on any atom is -0.493 e. The highest BCUT2D eigenvalue weighted by Gasteiger charge is 2.20. The number of unbranched alkanes of at least 4 members (excludes halogenated alkanes) is 1. The number of nitrogens with zero attached hydrogens (tertiary/aromatic N) is 2. The maximum Gasteiger partial charge on any atom is 0.269 e. The van der Waals surface area contributed by atoms with Gasteiger partial charge in [-0.25, -0.2) is 0 Å². The van der Waals surface area contributed by atoms with Crippen molar-refractivity contribution < 1.29 is 14.2 Å². The van der Waals surface area contributed by atoms with Crippen LogP contribution in [0.15, 0.2) is 67.1 Å². The number of benzene rings is 2. The van der Waals surface area contributed by atoms with Gasteiger partial charge < -0.3 is 19.1 Å². The minimum absolute atomic E-state index is 0.390. The highest BCUT2D eigenvalue weighted by Crippen LogP contribution is 2.31. The summed E-state index contributed by atoms with van der Waals surface area (Å²) >= 11 is 0. The lowest BCUT2D eigenvalue weighted by atomic mass is 10.2. The van der Waals surface area contributed by atoms with E-state index in [2.05, 4.69) is 40.1 Å². The maximum atomic E-state index is 6.01. The lowest BCUT2D eigenvalue weighted by Gasteiger charge is -2.34. The first-order chi connectivity index (χ1) is 14.4. The fourth-order valence-corrected chi connectivity index (χ4v) is 3.82. The van der Waals surface area contributed by atoms with Crippen LogP contribution in [0.3, 0.4) is 0 Å². The van der Waals surface area contributed by atoms with Crippen molar-refractivity contribution >= 4 is 0 Å². The number of hydrogen-bond acceptors (Lipinski definition) is 5. The largest absolute Gasteiger partial charge is 0.493 e. The molecule has 29 heavy (non-hydrogen) atoms. The molecule has 0 bridgehead atoms. The van der Waals surface area contributed by atoms with Crippen LogP contribution < -0.4 is 4.74 Å². The molecule has 0 amide bonds. The molecule has 0 unspecified atom stereocenters. The van der Waals surface area contributed by atoms with Gasteiger partial charge in [0.1, 0.15) is 18.3 Å². The van der Waals surface area contributed by atoms with Gasteiger partial charge in [-0.3, -0.25) is 4.90 Å². The van der Waals surface area contributed by atoms with Crippen LogP contribution in [-0.2, 0) is 16.0 Å². The molecule has 2 aliphatic heterocycles. The average Bonchev–Trinajstić information content (AvgIpc) is 3.30. The van der Waals surface area contributed by atoms with Crippen molar-refractivity contribution in [3.63, 3.8) is 0 Å². The predicted octanol–water partition coefficient (Wildman–Crippen LogP) is 4.18. The molecular weight excluding hydrogens is 364 g/mol. The molecule has 2 aromatic rings. The third kappa shape index (κ3) is 5.75. The molecule has 0 saturated carbocycles. The molecule has 4 rings (SSSR count). The maximum absolute atomic E-state index is 6.01. The van der Waals surface area contributed by atoms with Gasteiger partial charge in [0.05, 0.1) is 12.2 Å². The van der Waals surface area contributed by atoms with E-state index in [1.165, 1.54) is 5.56 Å². The third-order valence-electron chi connectivity index (χ3n) is 5.47. The topological polar surface area (TPSA) is 34.2 Å². The molecule has 0 atom stereocenters. The zero-order valence-corrected chi connectivity index (χ0v) is 16.9. The van der Waals surface area contributed by atoms with E-state index < -0.39 is 6.29 Å². The molecule has 154 valence electrons. The van der Waals surface area contributed by atoms with E-state index >= 15 is 0 Å². The van der Waals surface area contributed by atoms with E-state index in [1.807, 2.05) is 24.3 Å². The van der Waals surface area contributed by atoms with Crippen molar-refractivity contribution in [3.05, 3.63) is 78.2 Å². The van der Waals surface area contributed by atoms with Crippen LogP contribution in [0.5, 0.6) is 5.75 Å². The molecule has 1 saturated heterocycles. The van der Waals surface area contributed by atoms with E-state index in [0.29, 0.717) is 6.61 Å². The van der Waals surface area contributed by atoms with Crippen LogP contribution >= 0.6 is 0 Å². The molecular formula is C24H30N2O3. The average molecular weight is 395 g/mol. The second-order valence-corrected chi connectivity index (χ2v) is 7.57. The number of hydrogen-bond donors (Lipinski definition) is 0. The summed E-state index contributed by atoms with van der Waals surface area (Å²) in [6.45, 7) is 7.52. The second kappa shape index (κ2) is 10.3. The van der Waals surface area contributed by atoms with Crippen LogP contribution in [0.25, 0.3) is 0 Å². The lowest BCUT2D eigenvalue weighted by Crippen LogP contribution is -2.46. The molecule has 0 radical (unpaired) electrons. The predicted molar refractivity (Wildman–Crippen MR) is 113 cm³/mol. The van der Waals surface area contributed by atoms with E-state index in [9.17, 15) is 0 Å². The molecule has 2 heterocycles. The van der Waals surface area contributed by atoms with E-state index in [-0.39, 0.29) is 0 Å². The highest BCUT2D eigenvalue weighted by atomic mass is 16.7. The number of ether oxygens (including phenoxy) is 3. The molecule has 1 fully saturated rings. The summed E-state index contributed by atoms with van der Waals surface area (Å²) < 4.78 is 16.9. The van der Waals surface area contributed by atoms with Gasteiger partial charge in [-0.05, 0) is 37.1 Å². The van der Waals surface area contributed by atoms with Crippen molar-refractivity contribution in [1.82, 2.24) is 9.80 Å². The fourth-order valence-electron chi connectivity index (χ4n) is 3.82. The summed E-state index contributed by atoms with van der Waals surface area (Å²) in [4.78, 5) is 5.12. The zero-order valence-electron chi connectivity index (χ0n) is 16.9. The summed E-state index contributed by atoms with van der Waals surface area (Å²) in [6.07, 6.45) is 4.95. The van der Waals surface area contributed by atoms with Gasteiger partial charge in [0.2, 0.25) is 0 Å².